The molecule has 1 saturated heterocycles. The lowest BCUT2D eigenvalue weighted by Gasteiger charge is -2.30. The van der Waals surface area contributed by atoms with Gasteiger partial charge in [0.2, 0.25) is 5.79 Å². The molecule has 1 saturated carbocycles. The maximum Gasteiger partial charge on any atom is 0.251 e. The van der Waals surface area contributed by atoms with E-state index >= 15 is 4.39 Å². The first kappa shape index (κ1) is 28.1. The Morgan fingerprint density at radius 1 is 1.10 bits per heavy atom. The first-order valence-electron chi connectivity index (χ1n) is 13.7. The van der Waals surface area contributed by atoms with Crippen molar-refractivity contribution >= 4 is 16.8 Å². The van der Waals surface area contributed by atoms with Gasteiger partial charge in [-0.25, -0.2) is 13.8 Å². The zero-order chi connectivity index (χ0) is 29.6. The van der Waals surface area contributed by atoms with Crippen LogP contribution < -0.4 is 10.1 Å². The molecule has 3 heterocycles. The lowest BCUT2D eigenvalue weighted by molar-refractivity contribution is -0.163. The summed E-state index contributed by atoms with van der Waals surface area (Å²) >= 11 is 0. The average Bonchev–Trinajstić information content (AvgIpc) is 3.64. The number of ether oxygens (including phenoxy) is 3. The number of aliphatic hydroxyl groups is 1. The van der Waals surface area contributed by atoms with Crippen LogP contribution in [0.1, 0.15) is 54.0 Å². The molecule has 2 aromatic heterocycles. The third-order valence-corrected chi connectivity index (χ3v) is 7.22. The van der Waals surface area contributed by atoms with Crippen LogP contribution >= 0.6 is 0 Å². The van der Waals surface area contributed by atoms with Crippen LogP contribution in [0.4, 0.5) is 8.78 Å². The third kappa shape index (κ3) is 5.55. The standard InChI is InChI=1S/C31H30F2N4O5/c1-17-12-19-13-20(14-24(27(19)37-36-17)42-22-8-9-22)29(38)34-16-31(40-10-11-41-31)25-15-23(30(2,3)39)26(33)28(35-25)18-4-6-21(32)7-5-18/h4-7,12-15,22,39H,8-11,16H2,1-3H3,(H,34,38). The number of nitrogens with one attached hydrogen (secondary N) is 1. The molecule has 0 radical (unpaired) electrons. The molecule has 2 aromatic carbocycles. The summed E-state index contributed by atoms with van der Waals surface area (Å²) in [7, 11) is 0. The lowest BCUT2D eigenvalue weighted by atomic mass is 9.93. The van der Waals surface area contributed by atoms with E-state index in [1.165, 1.54) is 44.2 Å². The van der Waals surface area contributed by atoms with E-state index in [1.54, 1.807) is 12.1 Å². The Balaban J connectivity index is 1.35. The molecule has 0 spiro atoms. The maximum atomic E-state index is 15.7. The molecule has 42 heavy (non-hydrogen) atoms. The van der Waals surface area contributed by atoms with Crippen LogP contribution in [0, 0.1) is 18.6 Å². The number of aromatic nitrogens is 3. The average molecular weight is 577 g/mol. The van der Waals surface area contributed by atoms with Gasteiger partial charge >= 0.3 is 0 Å². The monoisotopic (exact) mass is 576 g/mol. The summed E-state index contributed by atoms with van der Waals surface area (Å²) in [6, 6.07) is 11.8. The van der Waals surface area contributed by atoms with E-state index < -0.39 is 28.9 Å². The zero-order valence-electron chi connectivity index (χ0n) is 23.4. The molecule has 2 fully saturated rings. The quantitative estimate of drug-likeness (QED) is 0.311. The van der Waals surface area contributed by atoms with Crippen LogP contribution in [0.15, 0.2) is 48.5 Å². The van der Waals surface area contributed by atoms with Crippen LogP contribution in [-0.4, -0.2) is 52.1 Å². The predicted octanol–water partition coefficient (Wildman–Crippen LogP) is 4.68. The largest absolute Gasteiger partial charge is 0.488 e. The maximum absolute atomic E-state index is 15.7. The van der Waals surface area contributed by atoms with Crippen molar-refractivity contribution in [3.63, 3.8) is 0 Å². The van der Waals surface area contributed by atoms with Crippen LogP contribution in [-0.2, 0) is 20.9 Å². The molecule has 1 aliphatic carbocycles. The number of amides is 1. The van der Waals surface area contributed by atoms with E-state index in [2.05, 4.69) is 20.5 Å². The molecule has 0 atom stereocenters. The van der Waals surface area contributed by atoms with E-state index in [-0.39, 0.29) is 42.8 Å². The van der Waals surface area contributed by atoms with Crippen molar-refractivity contribution in [2.45, 2.75) is 51.1 Å². The van der Waals surface area contributed by atoms with E-state index in [0.717, 1.165) is 12.8 Å². The molecule has 1 aliphatic heterocycles. The van der Waals surface area contributed by atoms with Crippen molar-refractivity contribution < 1.29 is 32.9 Å². The van der Waals surface area contributed by atoms with Gasteiger partial charge in [-0.1, -0.05) is 0 Å². The predicted molar refractivity (Wildman–Crippen MR) is 149 cm³/mol. The fourth-order valence-corrected chi connectivity index (χ4v) is 4.88. The number of aryl methyl sites for hydroxylation is 1. The number of carbonyl (C=O) groups excluding carboxylic acids is 1. The van der Waals surface area contributed by atoms with Crippen molar-refractivity contribution in [3.8, 4) is 17.0 Å². The molecule has 0 bridgehead atoms. The Morgan fingerprint density at radius 3 is 2.48 bits per heavy atom. The highest BCUT2D eigenvalue weighted by molar-refractivity contribution is 5.99. The molecule has 2 aliphatic rings. The summed E-state index contributed by atoms with van der Waals surface area (Å²) in [5.41, 5.74) is 0.319. The minimum Gasteiger partial charge on any atom is -0.488 e. The minimum absolute atomic E-state index is 0.0514. The molecule has 2 N–H and O–H groups in total. The van der Waals surface area contributed by atoms with Gasteiger partial charge in [0.05, 0.1) is 37.2 Å². The van der Waals surface area contributed by atoms with E-state index in [0.29, 0.717) is 33.5 Å². The number of halogens is 2. The molecule has 4 aromatic rings. The van der Waals surface area contributed by atoms with E-state index in [9.17, 15) is 14.3 Å². The second-order valence-electron chi connectivity index (χ2n) is 11.1. The van der Waals surface area contributed by atoms with Crippen LogP contribution in [0.3, 0.4) is 0 Å². The van der Waals surface area contributed by atoms with Gasteiger partial charge in [-0.2, -0.15) is 5.10 Å². The molecule has 1 amide bonds. The fraction of sp³-hybridized carbons (Fsp3) is 0.355. The molecule has 11 heteroatoms. The summed E-state index contributed by atoms with van der Waals surface area (Å²) in [4.78, 5) is 18.0. The molecule has 9 nitrogen and oxygen atoms in total. The Morgan fingerprint density at radius 2 is 1.81 bits per heavy atom. The number of hydrogen-bond acceptors (Lipinski definition) is 8. The Kier molecular flexibility index (Phi) is 7.12. The summed E-state index contributed by atoms with van der Waals surface area (Å²) < 4.78 is 47.3. The highest BCUT2D eigenvalue weighted by Gasteiger charge is 2.43. The number of nitrogens with zero attached hydrogens (tertiary/aromatic N) is 3. The van der Waals surface area contributed by atoms with Crippen molar-refractivity contribution in [1.29, 1.82) is 0 Å². The van der Waals surface area contributed by atoms with Gasteiger partial charge in [0.25, 0.3) is 5.91 Å². The summed E-state index contributed by atoms with van der Waals surface area (Å²) in [5.74, 6) is -2.75. The molecular formula is C31H30F2N4O5. The number of pyridine rings is 1. The SMILES string of the molecule is Cc1cc2cc(C(=O)NCC3(c4cc(C(C)(C)O)c(F)c(-c5ccc(F)cc5)n4)OCCO3)cc(OC3CC3)c2nn1. The number of fused-ring (bicyclic) bond motifs is 1. The van der Waals surface area contributed by atoms with Gasteiger partial charge in [-0.3, -0.25) is 4.79 Å². The Labute approximate surface area is 240 Å². The van der Waals surface area contributed by atoms with Gasteiger partial charge in [-0.15, -0.1) is 5.10 Å². The molecule has 0 unspecified atom stereocenters. The summed E-state index contributed by atoms with van der Waals surface area (Å²) in [6.45, 7) is 4.95. The Bertz CT molecular complexity index is 1660. The first-order valence-corrected chi connectivity index (χ1v) is 13.7. The Hall–Kier alpha value is -4.06. The number of benzene rings is 2. The molecule has 6 rings (SSSR count). The van der Waals surface area contributed by atoms with Crippen molar-refractivity contribution in [3.05, 3.63) is 82.7 Å². The van der Waals surface area contributed by atoms with E-state index in [4.69, 9.17) is 14.2 Å². The highest BCUT2D eigenvalue weighted by Crippen LogP contribution is 2.37. The van der Waals surface area contributed by atoms with Gasteiger partial charge < -0.3 is 24.6 Å². The lowest BCUT2D eigenvalue weighted by Crippen LogP contribution is -2.43. The number of carbonyl (C=O) groups is 1. The second-order valence-corrected chi connectivity index (χ2v) is 11.1. The van der Waals surface area contributed by atoms with E-state index in [1.807, 2.05) is 13.0 Å². The first-order chi connectivity index (χ1) is 20.0. The second kappa shape index (κ2) is 10.6. The van der Waals surface area contributed by atoms with Crippen molar-refractivity contribution in [2.75, 3.05) is 19.8 Å². The topological polar surface area (TPSA) is 116 Å². The number of rotatable bonds is 8. The van der Waals surface area contributed by atoms with Crippen LogP contribution in [0.2, 0.25) is 0 Å². The van der Waals surface area contributed by atoms with Gasteiger partial charge in [-0.05, 0) is 82.1 Å². The summed E-state index contributed by atoms with van der Waals surface area (Å²) in [6.07, 6.45) is 1.96. The van der Waals surface area contributed by atoms with Crippen molar-refractivity contribution in [1.82, 2.24) is 20.5 Å². The molecule has 218 valence electrons. The minimum atomic E-state index is -1.59. The normalized spacial score (nSPS) is 16.5. The van der Waals surface area contributed by atoms with Crippen LogP contribution in [0.25, 0.3) is 22.2 Å². The summed E-state index contributed by atoms with van der Waals surface area (Å²) in [5, 5.41) is 22.8. The van der Waals surface area contributed by atoms with Crippen molar-refractivity contribution in [2.24, 2.45) is 0 Å². The smallest absolute Gasteiger partial charge is 0.251 e. The fourth-order valence-electron chi connectivity index (χ4n) is 4.88. The van der Waals surface area contributed by atoms with Gasteiger partial charge in [0.15, 0.2) is 5.82 Å². The highest BCUT2D eigenvalue weighted by atomic mass is 19.1. The van der Waals surface area contributed by atoms with Gasteiger partial charge in [0, 0.05) is 22.1 Å². The molecular weight excluding hydrogens is 546 g/mol. The zero-order valence-corrected chi connectivity index (χ0v) is 23.4. The third-order valence-electron chi connectivity index (χ3n) is 7.22. The number of hydrogen-bond donors (Lipinski definition) is 2. The van der Waals surface area contributed by atoms with Gasteiger partial charge in [0.1, 0.15) is 28.5 Å². The van der Waals surface area contributed by atoms with Crippen LogP contribution in [0.5, 0.6) is 5.75 Å².